The molecule has 1 heterocycles. The summed E-state index contributed by atoms with van der Waals surface area (Å²) in [5.74, 6) is -2.71. The van der Waals surface area contributed by atoms with Crippen molar-refractivity contribution in [2.45, 2.75) is 38.8 Å². The second kappa shape index (κ2) is 8.47. The number of carboxylic acid groups (broad SMARTS) is 1. The third-order valence-corrected chi connectivity index (χ3v) is 3.73. The molecule has 0 saturated carbocycles. The van der Waals surface area contributed by atoms with Gasteiger partial charge in [-0.3, -0.25) is 14.4 Å². The van der Waals surface area contributed by atoms with Gasteiger partial charge in [-0.15, -0.1) is 0 Å². The fraction of sp³-hybridized carbons (Fsp3) is 0.714. The number of carbonyl (C=O) groups excluding carboxylic acids is 3. The molecule has 5 N–H and O–H groups in total. The van der Waals surface area contributed by atoms with E-state index >= 15 is 0 Å². The van der Waals surface area contributed by atoms with E-state index < -0.39 is 29.9 Å². The van der Waals surface area contributed by atoms with Gasteiger partial charge in [0.05, 0.1) is 13.1 Å². The molecule has 0 bridgehead atoms. The Bertz CT molecular complexity index is 480. The maximum absolute atomic E-state index is 12.3. The minimum atomic E-state index is -1.11. The zero-order valence-corrected chi connectivity index (χ0v) is 13.4. The van der Waals surface area contributed by atoms with Crippen LogP contribution in [0.3, 0.4) is 0 Å². The van der Waals surface area contributed by atoms with Crippen LogP contribution in [0.5, 0.6) is 0 Å². The lowest BCUT2D eigenvalue weighted by atomic mass is 10.0. The normalized spacial score (nSPS) is 18.6. The number of likely N-dealkylation sites (tertiary alicyclic amines) is 1. The molecular formula is C14H24N4O5. The molecule has 2 atom stereocenters. The van der Waals surface area contributed by atoms with Crippen molar-refractivity contribution < 1.29 is 24.3 Å². The van der Waals surface area contributed by atoms with Crippen LogP contribution < -0.4 is 16.4 Å². The van der Waals surface area contributed by atoms with Gasteiger partial charge in [-0.25, -0.2) is 4.79 Å². The molecule has 1 aliphatic rings. The van der Waals surface area contributed by atoms with Crippen molar-refractivity contribution in [1.29, 1.82) is 0 Å². The molecule has 23 heavy (non-hydrogen) atoms. The molecule has 3 amide bonds. The van der Waals surface area contributed by atoms with Crippen LogP contribution >= 0.6 is 0 Å². The molecule has 0 aromatic carbocycles. The number of carboxylic acids is 1. The monoisotopic (exact) mass is 328 g/mol. The summed E-state index contributed by atoms with van der Waals surface area (Å²) in [6.45, 7) is 3.34. The maximum Gasteiger partial charge on any atom is 0.326 e. The quantitative estimate of drug-likeness (QED) is 0.438. The minimum Gasteiger partial charge on any atom is -0.480 e. The summed E-state index contributed by atoms with van der Waals surface area (Å²) in [5, 5.41) is 14.0. The van der Waals surface area contributed by atoms with Crippen molar-refractivity contribution in [2.24, 2.45) is 11.7 Å². The highest BCUT2D eigenvalue weighted by molar-refractivity contribution is 5.92. The number of nitrogens with zero attached hydrogens (tertiary/aromatic N) is 1. The van der Waals surface area contributed by atoms with Gasteiger partial charge in [0.2, 0.25) is 17.7 Å². The first kappa shape index (κ1) is 18.9. The first-order valence-corrected chi connectivity index (χ1v) is 7.57. The number of nitrogens with one attached hydrogen (secondary N) is 2. The SMILES string of the molecule is CC(C)C(NC(=O)C1CCCN1C(=O)CNC(=O)CN)C(=O)O. The van der Waals surface area contributed by atoms with Crippen LogP contribution in [0.1, 0.15) is 26.7 Å². The van der Waals surface area contributed by atoms with Crippen molar-refractivity contribution in [3.05, 3.63) is 0 Å². The fourth-order valence-electron chi connectivity index (χ4n) is 2.45. The topological polar surface area (TPSA) is 142 Å². The van der Waals surface area contributed by atoms with Crippen LogP contribution in [0.2, 0.25) is 0 Å². The molecule has 0 aromatic rings. The van der Waals surface area contributed by atoms with Crippen LogP contribution in [-0.2, 0) is 19.2 Å². The van der Waals surface area contributed by atoms with E-state index in [0.717, 1.165) is 0 Å². The number of amides is 3. The molecule has 0 aromatic heterocycles. The molecule has 1 fully saturated rings. The molecule has 9 nitrogen and oxygen atoms in total. The molecule has 1 saturated heterocycles. The molecule has 0 aliphatic carbocycles. The molecule has 1 rings (SSSR count). The molecule has 2 unspecified atom stereocenters. The molecule has 0 spiro atoms. The van der Waals surface area contributed by atoms with E-state index in [0.29, 0.717) is 19.4 Å². The summed E-state index contributed by atoms with van der Waals surface area (Å²) in [5.41, 5.74) is 5.14. The van der Waals surface area contributed by atoms with E-state index in [1.165, 1.54) is 4.90 Å². The number of nitrogens with two attached hydrogens (primary N) is 1. The van der Waals surface area contributed by atoms with E-state index in [-0.39, 0.29) is 24.9 Å². The van der Waals surface area contributed by atoms with Gasteiger partial charge in [0.15, 0.2) is 0 Å². The molecule has 130 valence electrons. The van der Waals surface area contributed by atoms with Crippen molar-refractivity contribution in [3.63, 3.8) is 0 Å². The lowest BCUT2D eigenvalue weighted by molar-refractivity contribution is -0.145. The summed E-state index contributed by atoms with van der Waals surface area (Å²) in [7, 11) is 0. The Balaban J connectivity index is 2.66. The summed E-state index contributed by atoms with van der Waals surface area (Å²) in [6, 6.07) is -1.71. The van der Waals surface area contributed by atoms with E-state index in [1.807, 2.05) is 0 Å². The van der Waals surface area contributed by atoms with Crippen molar-refractivity contribution >= 4 is 23.7 Å². The van der Waals surface area contributed by atoms with Gasteiger partial charge in [-0.1, -0.05) is 13.8 Å². The first-order chi connectivity index (χ1) is 10.8. The standard InChI is InChI=1S/C14H24N4O5/c1-8(2)12(14(22)23)17-13(21)9-4-3-5-18(9)11(20)7-16-10(19)6-15/h8-9,12H,3-7,15H2,1-2H3,(H,16,19)(H,17,21)(H,22,23). The first-order valence-electron chi connectivity index (χ1n) is 7.57. The summed E-state index contributed by atoms with van der Waals surface area (Å²) >= 11 is 0. The molecule has 1 aliphatic heterocycles. The van der Waals surface area contributed by atoms with Gasteiger partial charge >= 0.3 is 5.97 Å². The number of rotatable bonds is 7. The predicted molar refractivity (Wildman–Crippen MR) is 81.2 cm³/mol. The highest BCUT2D eigenvalue weighted by atomic mass is 16.4. The van der Waals surface area contributed by atoms with Crippen molar-refractivity contribution in [1.82, 2.24) is 15.5 Å². The third-order valence-electron chi connectivity index (χ3n) is 3.73. The van der Waals surface area contributed by atoms with Crippen LogP contribution in [0.25, 0.3) is 0 Å². The van der Waals surface area contributed by atoms with Crippen LogP contribution in [0, 0.1) is 5.92 Å². The Morgan fingerprint density at radius 1 is 1.30 bits per heavy atom. The van der Waals surface area contributed by atoms with Crippen LogP contribution in [0.15, 0.2) is 0 Å². The molecule has 0 radical (unpaired) electrons. The van der Waals surface area contributed by atoms with Crippen molar-refractivity contribution in [3.8, 4) is 0 Å². The Morgan fingerprint density at radius 3 is 2.48 bits per heavy atom. The zero-order chi connectivity index (χ0) is 17.6. The lowest BCUT2D eigenvalue weighted by Gasteiger charge is -2.26. The average Bonchev–Trinajstić information content (AvgIpc) is 2.98. The van der Waals surface area contributed by atoms with Gasteiger partial charge < -0.3 is 26.4 Å². The van der Waals surface area contributed by atoms with Crippen LogP contribution in [-0.4, -0.2) is 65.4 Å². The summed E-state index contributed by atoms with van der Waals surface area (Å²) in [6.07, 6.45) is 1.11. The highest BCUT2D eigenvalue weighted by Gasteiger charge is 2.36. The van der Waals surface area contributed by atoms with E-state index in [9.17, 15) is 19.2 Å². The van der Waals surface area contributed by atoms with Crippen molar-refractivity contribution in [2.75, 3.05) is 19.6 Å². The fourth-order valence-corrected chi connectivity index (χ4v) is 2.45. The Labute approximate surface area is 134 Å². The summed E-state index contributed by atoms with van der Waals surface area (Å²) in [4.78, 5) is 48.0. The van der Waals surface area contributed by atoms with Gasteiger partial charge in [0, 0.05) is 6.54 Å². The number of aliphatic carboxylic acids is 1. The van der Waals surface area contributed by atoms with Gasteiger partial charge in [0.25, 0.3) is 0 Å². The van der Waals surface area contributed by atoms with E-state index in [1.54, 1.807) is 13.8 Å². The number of hydrogen-bond donors (Lipinski definition) is 4. The lowest BCUT2D eigenvalue weighted by Crippen LogP contribution is -2.53. The number of carbonyl (C=O) groups is 4. The average molecular weight is 328 g/mol. The van der Waals surface area contributed by atoms with Gasteiger partial charge in [-0.05, 0) is 18.8 Å². The predicted octanol–water partition coefficient (Wildman–Crippen LogP) is -1.72. The second-order valence-electron chi connectivity index (χ2n) is 5.79. The largest absolute Gasteiger partial charge is 0.480 e. The Hall–Kier alpha value is -2.16. The van der Waals surface area contributed by atoms with Crippen LogP contribution in [0.4, 0.5) is 0 Å². The minimum absolute atomic E-state index is 0.216. The Morgan fingerprint density at radius 2 is 1.96 bits per heavy atom. The van der Waals surface area contributed by atoms with Gasteiger partial charge in [0.1, 0.15) is 12.1 Å². The smallest absolute Gasteiger partial charge is 0.326 e. The van der Waals surface area contributed by atoms with E-state index in [2.05, 4.69) is 10.6 Å². The Kier molecular flexibility index (Phi) is 6.95. The third kappa shape index (κ3) is 5.20. The maximum atomic E-state index is 12.3. The molecular weight excluding hydrogens is 304 g/mol. The number of hydrogen-bond acceptors (Lipinski definition) is 5. The van der Waals surface area contributed by atoms with Gasteiger partial charge in [-0.2, -0.15) is 0 Å². The van der Waals surface area contributed by atoms with E-state index in [4.69, 9.17) is 10.8 Å². The highest BCUT2D eigenvalue weighted by Crippen LogP contribution is 2.18. The zero-order valence-electron chi connectivity index (χ0n) is 13.4. The summed E-state index contributed by atoms with van der Waals surface area (Å²) < 4.78 is 0. The molecule has 9 heteroatoms. The second-order valence-corrected chi connectivity index (χ2v) is 5.79.